The van der Waals surface area contributed by atoms with Crippen LogP contribution in [-0.2, 0) is 9.59 Å². The molecule has 0 atom stereocenters. The molecule has 23 heavy (non-hydrogen) atoms. The zero-order chi connectivity index (χ0) is 16.2. The molecule has 0 unspecified atom stereocenters. The Morgan fingerprint density at radius 3 is 2.78 bits per heavy atom. The van der Waals surface area contributed by atoms with Crippen LogP contribution in [0, 0.1) is 0 Å². The van der Waals surface area contributed by atoms with Crippen molar-refractivity contribution in [1.82, 2.24) is 10.3 Å². The minimum absolute atomic E-state index is 0.0875. The van der Waals surface area contributed by atoms with Gasteiger partial charge in [0.05, 0.1) is 23.3 Å². The molecule has 7 nitrogen and oxygen atoms in total. The van der Waals surface area contributed by atoms with Gasteiger partial charge in [0.1, 0.15) is 0 Å². The number of anilines is 2. The number of nitrogens with zero attached hydrogens (tertiary/aromatic N) is 2. The van der Waals surface area contributed by atoms with Gasteiger partial charge in [-0.3, -0.25) is 9.59 Å². The Balaban J connectivity index is 1.67. The molecule has 1 aliphatic rings. The number of amides is 2. The fourth-order valence-corrected chi connectivity index (χ4v) is 3.55. The fraction of sp³-hybridized carbons (Fsp3) is 0.400. The van der Waals surface area contributed by atoms with Gasteiger partial charge >= 0.3 is 0 Å². The number of hydrogen-bond acceptors (Lipinski definition) is 6. The first-order valence-corrected chi connectivity index (χ1v) is 8.39. The van der Waals surface area contributed by atoms with E-state index in [1.54, 1.807) is 11.3 Å². The Bertz CT molecular complexity index is 724. The normalized spacial score (nSPS) is 14.2. The van der Waals surface area contributed by atoms with Gasteiger partial charge in [0.25, 0.3) is 0 Å². The summed E-state index contributed by atoms with van der Waals surface area (Å²) in [4.78, 5) is 29.8. The highest BCUT2D eigenvalue weighted by Crippen LogP contribution is 2.32. The minimum Gasteiger partial charge on any atom is -0.348 e. The van der Waals surface area contributed by atoms with E-state index in [2.05, 4.69) is 20.5 Å². The number of aromatic nitrogens is 1. The van der Waals surface area contributed by atoms with Crippen LogP contribution in [0.2, 0.25) is 0 Å². The van der Waals surface area contributed by atoms with E-state index >= 15 is 0 Å². The predicted molar refractivity (Wildman–Crippen MR) is 91.8 cm³/mol. The molecule has 2 aromatic rings. The third-order valence-electron chi connectivity index (χ3n) is 3.67. The molecule has 0 spiro atoms. The molecule has 0 radical (unpaired) electrons. The molecular weight excluding hydrogens is 314 g/mol. The Hall–Kier alpha value is -2.19. The second-order valence-corrected chi connectivity index (χ2v) is 6.41. The first-order valence-electron chi connectivity index (χ1n) is 7.58. The molecule has 0 bridgehead atoms. The van der Waals surface area contributed by atoms with Crippen LogP contribution in [-0.4, -0.2) is 43.0 Å². The van der Waals surface area contributed by atoms with Crippen molar-refractivity contribution in [2.24, 2.45) is 5.73 Å². The fourth-order valence-electron chi connectivity index (χ4n) is 2.49. The molecule has 1 fully saturated rings. The predicted octanol–water partition coefficient (Wildman–Crippen LogP) is 0.910. The van der Waals surface area contributed by atoms with E-state index in [-0.39, 0.29) is 24.9 Å². The minimum atomic E-state index is -0.353. The summed E-state index contributed by atoms with van der Waals surface area (Å²) in [5, 5.41) is 6.24. The maximum Gasteiger partial charge on any atom is 0.243 e. The van der Waals surface area contributed by atoms with E-state index in [4.69, 9.17) is 5.73 Å². The summed E-state index contributed by atoms with van der Waals surface area (Å²) in [7, 11) is 0. The lowest BCUT2D eigenvalue weighted by atomic mass is 10.3. The first-order chi connectivity index (χ1) is 11.2. The second-order valence-electron chi connectivity index (χ2n) is 5.40. The summed E-state index contributed by atoms with van der Waals surface area (Å²) in [6.45, 7) is 1.91. The van der Waals surface area contributed by atoms with E-state index in [0.717, 1.165) is 28.4 Å². The van der Waals surface area contributed by atoms with Crippen LogP contribution < -0.4 is 21.3 Å². The summed E-state index contributed by atoms with van der Waals surface area (Å²) in [5.41, 5.74) is 6.81. The number of benzene rings is 1. The maximum atomic E-state index is 11.8. The SMILES string of the molecule is NCC(=O)NCC(=O)Nc1ccc2nc(N3CCCC3)sc2c1. The number of carbonyl (C=O) groups excluding carboxylic acids is 2. The van der Waals surface area contributed by atoms with Gasteiger partial charge < -0.3 is 21.3 Å². The lowest BCUT2D eigenvalue weighted by Gasteiger charge is -2.11. The maximum absolute atomic E-state index is 11.8. The van der Waals surface area contributed by atoms with Gasteiger partial charge in [-0.05, 0) is 31.0 Å². The molecule has 122 valence electrons. The zero-order valence-corrected chi connectivity index (χ0v) is 13.5. The summed E-state index contributed by atoms with van der Waals surface area (Å²) in [6.07, 6.45) is 2.43. The van der Waals surface area contributed by atoms with Crippen LogP contribution in [0.3, 0.4) is 0 Å². The van der Waals surface area contributed by atoms with Crippen molar-refractivity contribution >= 4 is 44.2 Å². The number of hydrogen-bond donors (Lipinski definition) is 3. The van der Waals surface area contributed by atoms with Crippen molar-refractivity contribution in [3.8, 4) is 0 Å². The summed E-state index contributed by atoms with van der Waals surface area (Å²) < 4.78 is 1.04. The molecule has 2 amide bonds. The van der Waals surface area contributed by atoms with E-state index in [1.807, 2.05) is 18.2 Å². The molecule has 1 aliphatic heterocycles. The van der Waals surface area contributed by atoms with E-state index < -0.39 is 0 Å². The van der Waals surface area contributed by atoms with Crippen molar-refractivity contribution in [2.75, 3.05) is 36.4 Å². The second kappa shape index (κ2) is 6.93. The van der Waals surface area contributed by atoms with Gasteiger partial charge in [-0.2, -0.15) is 0 Å². The van der Waals surface area contributed by atoms with Crippen LogP contribution in [0.15, 0.2) is 18.2 Å². The molecule has 0 saturated carbocycles. The van der Waals surface area contributed by atoms with Crippen molar-refractivity contribution in [1.29, 1.82) is 0 Å². The van der Waals surface area contributed by atoms with Crippen LogP contribution >= 0.6 is 11.3 Å². The van der Waals surface area contributed by atoms with Gasteiger partial charge in [-0.1, -0.05) is 11.3 Å². The molecule has 1 saturated heterocycles. The van der Waals surface area contributed by atoms with E-state index in [0.29, 0.717) is 5.69 Å². The molecule has 8 heteroatoms. The number of nitrogens with two attached hydrogens (primary N) is 1. The van der Waals surface area contributed by atoms with Crippen molar-refractivity contribution in [3.63, 3.8) is 0 Å². The van der Waals surface area contributed by atoms with Gasteiger partial charge in [0.15, 0.2) is 5.13 Å². The van der Waals surface area contributed by atoms with Gasteiger partial charge in [-0.15, -0.1) is 0 Å². The molecule has 1 aromatic heterocycles. The number of nitrogens with one attached hydrogen (secondary N) is 2. The molecule has 3 rings (SSSR count). The largest absolute Gasteiger partial charge is 0.348 e. The highest BCUT2D eigenvalue weighted by Gasteiger charge is 2.16. The summed E-state index contributed by atoms with van der Waals surface area (Å²) in [6, 6.07) is 5.63. The average Bonchev–Trinajstić information content (AvgIpc) is 3.20. The third kappa shape index (κ3) is 3.77. The quantitative estimate of drug-likeness (QED) is 0.755. The number of carbonyl (C=O) groups is 2. The van der Waals surface area contributed by atoms with Crippen LogP contribution in [0.5, 0.6) is 0 Å². The Kier molecular flexibility index (Phi) is 4.73. The smallest absolute Gasteiger partial charge is 0.243 e. The average molecular weight is 333 g/mol. The van der Waals surface area contributed by atoms with Crippen molar-refractivity contribution < 1.29 is 9.59 Å². The molecular formula is C15H19N5O2S. The van der Waals surface area contributed by atoms with Gasteiger partial charge in [0.2, 0.25) is 11.8 Å². The number of rotatable bonds is 5. The molecule has 4 N–H and O–H groups in total. The summed E-state index contributed by atoms with van der Waals surface area (Å²) >= 11 is 1.63. The van der Waals surface area contributed by atoms with Crippen LogP contribution in [0.4, 0.5) is 10.8 Å². The van der Waals surface area contributed by atoms with Crippen molar-refractivity contribution in [2.45, 2.75) is 12.8 Å². The molecule has 0 aliphatic carbocycles. The Morgan fingerprint density at radius 1 is 1.26 bits per heavy atom. The number of fused-ring (bicyclic) bond motifs is 1. The topological polar surface area (TPSA) is 100 Å². The van der Waals surface area contributed by atoms with E-state index in [1.165, 1.54) is 12.8 Å². The Labute approximate surface area is 137 Å². The van der Waals surface area contributed by atoms with E-state index in [9.17, 15) is 9.59 Å². The van der Waals surface area contributed by atoms with Crippen LogP contribution in [0.1, 0.15) is 12.8 Å². The lowest BCUT2D eigenvalue weighted by molar-refractivity contribution is -0.123. The molecule has 2 heterocycles. The summed E-state index contributed by atoms with van der Waals surface area (Å²) in [5.74, 6) is -0.635. The van der Waals surface area contributed by atoms with Crippen LogP contribution in [0.25, 0.3) is 10.2 Å². The van der Waals surface area contributed by atoms with Gasteiger partial charge in [0, 0.05) is 18.8 Å². The third-order valence-corrected chi connectivity index (χ3v) is 4.75. The number of thiazole rings is 1. The zero-order valence-electron chi connectivity index (χ0n) is 12.7. The highest BCUT2D eigenvalue weighted by atomic mass is 32.1. The Morgan fingerprint density at radius 2 is 2.04 bits per heavy atom. The monoisotopic (exact) mass is 333 g/mol. The lowest BCUT2D eigenvalue weighted by Crippen LogP contribution is -2.36. The highest BCUT2D eigenvalue weighted by molar-refractivity contribution is 7.22. The van der Waals surface area contributed by atoms with Crippen molar-refractivity contribution in [3.05, 3.63) is 18.2 Å². The first kappa shape index (κ1) is 15.7. The standard InChI is InChI=1S/C15H19N5O2S/c16-8-13(21)17-9-14(22)18-10-3-4-11-12(7-10)23-15(19-11)20-5-1-2-6-20/h3-4,7H,1-2,5-6,8-9,16H2,(H,17,21)(H,18,22). The molecule has 1 aromatic carbocycles. The van der Waals surface area contributed by atoms with Gasteiger partial charge in [-0.25, -0.2) is 4.98 Å².